The minimum Gasteiger partial charge on any atom is -0.352 e. The van der Waals surface area contributed by atoms with Crippen molar-refractivity contribution < 1.29 is 4.79 Å². The first-order valence-electron chi connectivity index (χ1n) is 10.9. The summed E-state index contributed by atoms with van der Waals surface area (Å²) in [5.41, 5.74) is 2.42. The maximum atomic E-state index is 12.7. The fourth-order valence-corrected chi connectivity index (χ4v) is 5.06. The predicted molar refractivity (Wildman–Crippen MR) is 134 cm³/mol. The van der Waals surface area contributed by atoms with Crippen LogP contribution in [0.25, 0.3) is 5.69 Å². The van der Waals surface area contributed by atoms with Crippen molar-refractivity contribution in [3.63, 3.8) is 0 Å². The number of nitrogens with one attached hydrogen (secondary N) is 2. The Bertz CT molecular complexity index is 1430. The number of para-hydroxylation sites is 2. The van der Waals surface area contributed by atoms with Crippen molar-refractivity contribution in [1.82, 2.24) is 15.1 Å². The molecular weight excluding hydrogens is 448 g/mol. The number of carbonyl (C=O) groups is 1. The second-order valence-corrected chi connectivity index (χ2v) is 8.92. The summed E-state index contributed by atoms with van der Waals surface area (Å²) in [6.07, 6.45) is 0.754. The highest BCUT2D eigenvalue weighted by atomic mass is 32.2. The van der Waals surface area contributed by atoms with Gasteiger partial charge in [0, 0.05) is 40.6 Å². The van der Waals surface area contributed by atoms with Gasteiger partial charge in [-0.15, -0.1) is 0 Å². The van der Waals surface area contributed by atoms with Crippen LogP contribution < -0.4 is 21.3 Å². The molecule has 4 aromatic rings. The summed E-state index contributed by atoms with van der Waals surface area (Å²) in [7, 11) is 0. The van der Waals surface area contributed by atoms with E-state index in [1.165, 1.54) is 33.3 Å². The molecule has 0 spiro atoms. The molecule has 170 valence electrons. The number of H-pyrrole nitrogens is 1. The van der Waals surface area contributed by atoms with E-state index < -0.39 is 5.56 Å². The van der Waals surface area contributed by atoms with E-state index in [4.69, 9.17) is 0 Å². The van der Waals surface area contributed by atoms with Gasteiger partial charge in [-0.3, -0.25) is 19.5 Å². The Labute approximate surface area is 200 Å². The van der Waals surface area contributed by atoms with Gasteiger partial charge in [0.1, 0.15) is 0 Å². The summed E-state index contributed by atoms with van der Waals surface area (Å²) in [5.74, 6) is -0.233. The van der Waals surface area contributed by atoms with Gasteiger partial charge in [0.05, 0.1) is 17.1 Å². The molecule has 2 heterocycles. The van der Waals surface area contributed by atoms with Crippen LogP contribution in [0.2, 0.25) is 0 Å². The number of amides is 1. The van der Waals surface area contributed by atoms with E-state index in [-0.39, 0.29) is 11.5 Å². The van der Waals surface area contributed by atoms with Crippen molar-refractivity contribution >= 4 is 29.0 Å². The van der Waals surface area contributed by atoms with E-state index in [1.807, 2.05) is 24.3 Å². The largest absolute Gasteiger partial charge is 0.352 e. The molecule has 2 N–H and O–H groups in total. The maximum Gasteiger partial charge on any atom is 0.269 e. The molecule has 0 unspecified atom stereocenters. The molecule has 0 aliphatic carbocycles. The normalized spacial score (nSPS) is 12.1. The highest BCUT2D eigenvalue weighted by Crippen LogP contribution is 2.47. The van der Waals surface area contributed by atoms with Gasteiger partial charge in [0.15, 0.2) is 0 Å². The van der Waals surface area contributed by atoms with Crippen LogP contribution in [0.3, 0.4) is 0 Å². The molecular formula is C26H22N4O3S. The summed E-state index contributed by atoms with van der Waals surface area (Å²) in [6, 6.07) is 25.7. The molecule has 0 bridgehead atoms. The first kappa shape index (κ1) is 21.8. The fraction of sp³-hybridized carbons (Fsp3) is 0.115. The number of fused-ring (bicyclic) bond motifs is 2. The highest BCUT2D eigenvalue weighted by Gasteiger charge is 2.22. The van der Waals surface area contributed by atoms with E-state index >= 15 is 0 Å². The van der Waals surface area contributed by atoms with Crippen LogP contribution in [-0.4, -0.2) is 28.8 Å². The molecule has 34 heavy (non-hydrogen) atoms. The molecule has 7 nitrogen and oxygen atoms in total. The Hall–Kier alpha value is -4.04. The smallest absolute Gasteiger partial charge is 0.269 e. The summed E-state index contributed by atoms with van der Waals surface area (Å²) in [6.45, 7) is 1.26. The number of anilines is 2. The molecule has 1 amide bonds. The van der Waals surface area contributed by atoms with E-state index in [0.717, 1.165) is 17.6 Å². The molecule has 0 atom stereocenters. The Morgan fingerprint density at radius 2 is 1.56 bits per heavy atom. The van der Waals surface area contributed by atoms with Crippen molar-refractivity contribution in [3.8, 4) is 5.69 Å². The third-order valence-corrected chi connectivity index (χ3v) is 6.69. The van der Waals surface area contributed by atoms with Gasteiger partial charge in [-0.2, -0.15) is 0 Å². The van der Waals surface area contributed by atoms with Gasteiger partial charge < -0.3 is 10.2 Å². The topological polar surface area (TPSA) is 87.2 Å². The Morgan fingerprint density at radius 1 is 0.853 bits per heavy atom. The van der Waals surface area contributed by atoms with Crippen molar-refractivity contribution in [3.05, 3.63) is 111 Å². The lowest BCUT2D eigenvalue weighted by atomic mass is 10.2. The Kier molecular flexibility index (Phi) is 6.05. The van der Waals surface area contributed by atoms with Crippen molar-refractivity contribution in [2.75, 3.05) is 18.0 Å². The highest BCUT2D eigenvalue weighted by molar-refractivity contribution is 7.99. The van der Waals surface area contributed by atoms with E-state index in [9.17, 15) is 14.4 Å². The van der Waals surface area contributed by atoms with Crippen molar-refractivity contribution in [2.24, 2.45) is 0 Å². The molecule has 0 saturated heterocycles. The van der Waals surface area contributed by atoms with Gasteiger partial charge >= 0.3 is 0 Å². The Morgan fingerprint density at radius 3 is 2.29 bits per heavy atom. The molecule has 1 aromatic heterocycles. The monoisotopic (exact) mass is 470 g/mol. The third kappa shape index (κ3) is 4.40. The lowest BCUT2D eigenvalue weighted by molar-refractivity contribution is 0.0953. The van der Waals surface area contributed by atoms with Gasteiger partial charge in [-0.05, 0) is 48.9 Å². The molecule has 1 aliphatic rings. The number of aromatic amines is 1. The number of benzene rings is 3. The number of carbonyl (C=O) groups excluding carboxylic acids is 1. The summed E-state index contributed by atoms with van der Waals surface area (Å²) in [5, 5.41) is 5.43. The van der Waals surface area contributed by atoms with E-state index in [1.54, 1.807) is 36.0 Å². The molecule has 0 fully saturated rings. The molecule has 0 radical (unpaired) electrons. The standard InChI is InChI=1S/C26H22N4O3S/c31-24-13-14-25(32)30(28-24)19-8-5-7-18(17-19)26(33)27-15-6-16-29-20-9-1-3-11-22(20)34-23-12-4-2-10-21(23)29/h1-5,7-14,17H,6,15-16H2,(H,27,33)(H,28,31). The second-order valence-electron chi connectivity index (χ2n) is 7.83. The van der Waals surface area contributed by atoms with Crippen LogP contribution in [0.5, 0.6) is 0 Å². The third-order valence-electron chi connectivity index (χ3n) is 5.56. The molecule has 5 rings (SSSR count). The summed E-state index contributed by atoms with van der Waals surface area (Å²) < 4.78 is 1.13. The van der Waals surface area contributed by atoms with Gasteiger partial charge in [0.25, 0.3) is 17.0 Å². The van der Waals surface area contributed by atoms with Gasteiger partial charge in [-0.1, -0.05) is 42.1 Å². The van der Waals surface area contributed by atoms with Crippen LogP contribution in [0.4, 0.5) is 11.4 Å². The lowest BCUT2D eigenvalue weighted by Crippen LogP contribution is -2.29. The summed E-state index contributed by atoms with van der Waals surface area (Å²) in [4.78, 5) is 41.1. The zero-order chi connectivity index (χ0) is 23.5. The zero-order valence-corrected chi connectivity index (χ0v) is 19.0. The fourth-order valence-electron chi connectivity index (χ4n) is 3.97. The second kappa shape index (κ2) is 9.44. The lowest BCUT2D eigenvalue weighted by Gasteiger charge is -2.32. The van der Waals surface area contributed by atoms with Crippen LogP contribution >= 0.6 is 11.8 Å². The van der Waals surface area contributed by atoms with Crippen LogP contribution in [-0.2, 0) is 0 Å². The Balaban J connectivity index is 1.26. The number of hydrogen-bond acceptors (Lipinski definition) is 5. The van der Waals surface area contributed by atoms with Crippen molar-refractivity contribution in [2.45, 2.75) is 16.2 Å². The van der Waals surface area contributed by atoms with E-state index in [2.05, 4.69) is 39.6 Å². The predicted octanol–water partition coefficient (Wildman–Crippen LogP) is 3.95. The van der Waals surface area contributed by atoms with Crippen LogP contribution in [0.1, 0.15) is 16.8 Å². The number of rotatable bonds is 6. The SMILES string of the molecule is O=C(NCCCN1c2ccccc2Sc2ccccc21)c1cccc(-n2[nH]c(=O)ccc2=O)c1. The first-order valence-corrected chi connectivity index (χ1v) is 11.8. The quantitative estimate of drug-likeness (QED) is 0.417. The minimum atomic E-state index is -0.395. The van der Waals surface area contributed by atoms with Crippen molar-refractivity contribution in [1.29, 1.82) is 0 Å². The molecule has 0 saturated carbocycles. The summed E-state index contributed by atoms with van der Waals surface area (Å²) >= 11 is 1.77. The molecule has 1 aliphatic heterocycles. The van der Waals surface area contributed by atoms with Crippen LogP contribution in [0.15, 0.2) is 104 Å². The molecule has 8 heteroatoms. The average molecular weight is 471 g/mol. The number of nitrogens with zero attached hydrogens (tertiary/aromatic N) is 2. The van der Waals surface area contributed by atoms with Gasteiger partial charge in [0.2, 0.25) is 0 Å². The number of aromatic nitrogens is 2. The number of hydrogen-bond donors (Lipinski definition) is 2. The average Bonchev–Trinajstić information content (AvgIpc) is 2.87. The molecule has 3 aromatic carbocycles. The van der Waals surface area contributed by atoms with Gasteiger partial charge in [-0.25, -0.2) is 4.68 Å². The minimum absolute atomic E-state index is 0.233. The van der Waals surface area contributed by atoms with E-state index in [0.29, 0.717) is 17.8 Å². The first-order chi connectivity index (χ1) is 16.6. The van der Waals surface area contributed by atoms with Crippen LogP contribution in [0, 0.1) is 0 Å². The zero-order valence-electron chi connectivity index (χ0n) is 18.2. The maximum absolute atomic E-state index is 12.7.